The van der Waals surface area contributed by atoms with Crippen LogP contribution in [-0.2, 0) is 11.2 Å². The highest BCUT2D eigenvalue weighted by Crippen LogP contribution is 2.11. The number of benzene rings is 1. The van der Waals surface area contributed by atoms with E-state index in [0.717, 1.165) is 81.6 Å². The van der Waals surface area contributed by atoms with Crippen molar-refractivity contribution in [2.24, 2.45) is 4.99 Å². The molecule has 3 N–H and O–H groups in total. The third kappa shape index (κ3) is 6.89. The molecule has 1 atom stereocenters. The van der Waals surface area contributed by atoms with Crippen LogP contribution in [0.3, 0.4) is 0 Å². The van der Waals surface area contributed by atoms with Crippen molar-refractivity contribution in [3.05, 3.63) is 30.1 Å². The number of nitrogens with zero attached hydrogens (tertiary/aromatic N) is 3. The number of aromatic nitrogens is 2. The Kier molecular flexibility index (Phi) is 10.0. The molecular formula is C20H33IN6O. The number of hydrogen-bond donors (Lipinski definition) is 3. The minimum atomic E-state index is 0. The molecule has 1 aliphatic rings. The zero-order valence-electron chi connectivity index (χ0n) is 16.9. The summed E-state index contributed by atoms with van der Waals surface area (Å²) in [6.45, 7) is 10.5. The minimum absolute atomic E-state index is 0. The molecule has 1 fully saturated rings. The van der Waals surface area contributed by atoms with Crippen LogP contribution >= 0.6 is 24.0 Å². The molecule has 8 heteroatoms. The van der Waals surface area contributed by atoms with E-state index in [1.165, 1.54) is 0 Å². The molecule has 0 aliphatic carbocycles. The number of para-hydroxylation sites is 2. The Labute approximate surface area is 184 Å². The predicted octanol–water partition coefficient (Wildman–Crippen LogP) is 2.39. The summed E-state index contributed by atoms with van der Waals surface area (Å²) in [5.74, 6) is 1.93. The van der Waals surface area contributed by atoms with E-state index in [0.29, 0.717) is 6.04 Å². The lowest BCUT2D eigenvalue weighted by Crippen LogP contribution is -2.44. The summed E-state index contributed by atoms with van der Waals surface area (Å²) in [6.07, 6.45) is 1.93. The summed E-state index contributed by atoms with van der Waals surface area (Å²) in [7, 11) is 0. The Morgan fingerprint density at radius 2 is 2.07 bits per heavy atom. The van der Waals surface area contributed by atoms with Gasteiger partial charge >= 0.3 is 0 Å². The monoisotopic (exact) mass is 500 g/mol. The lowest BCUT2D eigenvalue weighted by Gasteiger charge is -2.31. The van der Waals surface area contributed by atoms with E-state index in [1.807, 2.05) is 18.2 Å². The number of nitrogens with one attached hydrogen (secondary N) is 3. The lowest BCUT2D eigenvalue weighted by atomic mass is 10.2. The summed E-state index contributed by atoms with van der Waals surface area (Å²) in [4.78, 5) is 15.2. The molecule has 0 amide bonds. The Bertz CT molecular complexity index is 695. The zero-order chi connectivity index (χ0) is 18.9. The van der Waals surface area contributed by atoms with Gasteiger partial charge in [0.15, 0.2) is 5.96 Å². The topological polar surface area (TPSA) is 77.6 Å². The molecule has 0 bridgehead atoms. The van der Waals surface area contributed by atoms with Crippen LogP contribution in [0.15, 0.2) is 29.3 Å². The first-order valence-electron chi connectivity index (χ1n) is 10.0. The fourth-order valence-electron chi connectivity index (χ4n) is 3.29. The second-order valence-corrected chi connectivity index (χ2v) is 6.95. The van der Waals surface area contributed by atoms with Crippen molar-refractivity contribution < 1.29 is 4.74 Å². The van der Waals surface area contributed by atoms with Crippen molar-refractivity contribution in [1.82, 2.24) is 25.5 Å². The molecule has 0 saturated carbocycles. The van der Waals surface area contributed by atoms with Crippen molar-refractivity contribution in [2.45, 2.75) is 32.7 Å². The summed E-state index contributed by atoms with van der Waals surface area (Å²) < 4.78 is 5.43. The Morgan fingerprint density at radius 1 is 1.29 bits per heavy atom. The number of fused-ring (bicyclic) bond motifs is 1. The van der Waals surface area contributed by atoms with Gasteiger partial charge in [-0.3, -0.25) is 9.89 Å². The minimum Gasteiger partial charge on any atom is -0.379 e. The average Bonchev–Trinajstić information content (AvgIpc) is 3.12. The van der Waals surface area contributed by atoms with Gasteiger partial charge in [-0.05, 0) is 32.4 Å². The third-order valence-electron chi connectivity index (χ3n) is 4.85. The van der Waals surface area contributed by atoms with Gasteiger partial charge in [0, 0.05) is 38.6 Å². The molecule has 7 nitrogen and oxygen atoms in total. The second kappa shape index (κ2) is 12.2. The number of guanidine groups is 1. The molecule has 1 aromatic heterocycles. The first-order valence-corrected chi connectivity index (χ1v) is 10.0. The number of H-pyrrole nitrogens is 1. The SMILES string of the molecule is CCNC(=NCC(C)N1CCOCC1)NCCCc1nc2ccccc2[nH]1.I. The van der Waals surface area contributed by atoms with Gasteiger partial charge in [0.2, 0.25) is 0 Å². The first-order chi connectivity index (χ1) is 13.3. The summed E-state index contributed by atoms with van der Waals surface area (Å²) >= 11 is 0. The number of aryl methyl sites for hydroxylation is 1. The van der Waals surface area contributed by atoms with Gasteiger partial charge < -0.3 is 20.4 Å². The number of rotatable bonds is 8. The molecule has 2 aromatic rings. The maximum absolute atomic E-state index is 5.43. The van der Waals surface area contributed by atoms with Crippen LogP contribution in [0.2, 0.25) is 0 Å². The van der Waals surface area contributed by atoms with Crippen LogP contribution < -0.4 is 10.6 Å². The molecule has 3 rings (SSSR count). The fourth-order valence-corrected chi connectivity index (χ4v) is 3.29. The van der Waals surface area contributed by atoms with Crippen molar-refractivity contribution >= 4 is 41.0 Å². The highest BCUT2D eigenvalue weighted by molar-refractivity contribution is 14.0. The van der Waals surface area contributed by atoms with E-state index < -0.39 is 0 Å². The van der Waals surface area contributed by atoms with Crippen LogP contribution in [0.5, 0.6) is 0 Å². The maximum Gasteiger partial charge on any atom is 0.191 e. The number of hydrogen-bond acceptors (Lipinski definition) is 4. The highest BCUT2D eigenvalue weighted by atomic mass is 127. The second-order valence-electron chi connectivity index (χ2n) is 6.95. The quantitative estimate of drug-likeness (QED) is 0.225. The normalized spacial score (nSPS) is 16.6. The van der Waals surface area contributed by atoms with E-state index >= 15 is 0 Å². The van der Waals surface area contributed by atoms with E-state index in [-0.39, 0.29) is 24.0 Å². The molecule has 1 unspecified atom stereocenters. The smallest absolute Gasteiger partial charge is 0.191 e. The molecule has 0 radical (unpaired) electrons. The van der Waals surface area contributed by atoms with E-state index in [4.69, 9.17) is 9.73 Å². The maximum atomic E-state index is 5.43. The van der Waals surface area contributed by atoms with Crippen molar-refractivity contribution in [3.63, 3.8) is 0 Å². The predicted molar refractivity (Wildman–Crippen MR) is 126 cm³/mol. The number of ether oxygens (including phenoxy) is 1. The molecule has 1 aromatic carbocycles. The standard InChI is InChI=1S/C20H32N6O.HI/c1-3-21-20(23-15-16(2)26-11-13-27-14-12-26)22-10-6-9-19-24-17-7-4-5-8-18(17)25-19;/h4-5,7-8,16H,3,6,9-15H2,1-2H3,(H,24,25)(H2,21,22,23);1H. The molecule has 156 valence electrons. The Morgan fingerprint density at radius 3 is 2.82 bits per heavy atom. The van der Waals surface area contributed by atoms with Crippen LogP contribution in [-0.4, -0.2) is 72.8 Å². The zero-order valence-corrected chi connectivity index (χ0v) is 19.2. The van der Waals surface area contributed by atoms with Crippen LogP contribution in [0.25, 0.3) is 11.0 Å². The van der Waals surface area contributed by atoms with Crippen LogP contribution in [0.4, 0.5) is 0 Å². The molecule has 28 heavy (non-hydrogen) atoms. The Hall–Kier alpha value is -1.39. The van der Waals surface area contributed by atoms with Gasteiger partial charge in [0.25, 0.3) is 0 Å². The summed E-state index contributed by atoms with van der Waals surface area (Å²) in [5.41, 5.74) is 2.14. The van der Waals surface area contributed by atoms with Gasteiger partial charge in [-0.15, -0.1) is 24.0 Å². The average molecular weight is 500 g/mol. The molecule has 0 spiro atoms. The molecule has 1 aliphatic heterocycles. The van der Waals surface area contributed by atoms with Gasteiger partial charge in [0.05, 0.1) is 30.8 Å². The summed E-state index contributed by atoms with van der Waals surface area (Å²) in [5, 5.41) is 6.77. The molecule has 2 heterocycles. The summed E-state index contributed by atoms with van der Waals surface area (Å²) in [6, 6.07) is 8.59. The van der Waals surface area contributed by atoms with Gasteiger partial charge in [-0.2, -0.15) is 0 Å². The van der Waals surface area contributed by atoms with Crippen molar-refractivity contribution in [3.8, 4) is 0 Å². The first kappa shape index (κ1) is 22.9. The number of morpholine rings is 1. The van der Waals surface area contributed by atoms with Crippen molar-refractivity contribution in [2.75, 3.05) is 45.9 Å². The van der Waals surface area contributed by atoms with Crippen LogP contribution in [0, 0.1) is 0 Å². The lowest BCUT2D eigenvalue weighted by molar-refractivity contribution is 0.0220. The number of aromatic amines is 1. The molecular weight excluding hydrogens is 467 g/mol. The van der Waals surface area contributed by atoms with Crippen LogP contribution in [0.1, 0.15) is 26.1 Å². The fraction of sp³-hybridized carbons (Fsp3) is 0.600. The van der Waals surface area contributed by atoms with E-state index in [1.54, 1.807) is 0 Å². The van der Waals surface area contributed by atoms with E-state index in [2.05, 4.69) is 45.4 Å². The third-order valence-corrected chi connectivity index (χ3v) is 4.85. The van der Waals surface area contributed by atoms with Gasteiger partial charge in [-0.1, -0.05) is 12.1 Å². The number of aliphatic imine (C=N–C) groups is 1. The van der Waals surface area contributed by atoms with Gasteiger partial charge in [-0.25, -0.2) is 4.98 Å². The molecule has 1 saturated heterocycles. The number of halogens is 1. The number of imidazole rings is 1. The van der Waals surface area contributed by atoms with Crippen molar-refractivity contribution in [1.29, 1.82) is 0 Å². The Balaban J connectivity index is 0.00000280. The highest BCUT2D eigenvalue weighted by Gasteiger charge is 2.16. The van der Waals surface area contributed by atoms with E-state index in [9.17, 15) is 0 Å². The largest absolute Gasteiger partial charge is 0.379 e. The van der Waals surface area contributed by atoms with Gasteiger partial charge in [0.1, 0.15) is 5.82 Å².